The molecule has 1 aromatic heterocycles. The van der Waals surface area contributed by atoms with Gasteiger partial charge in [0.1, 0.15) is 5.82 Å². The van der Waals surface area contributed by atoms with Crippen molar-refractivity contribution >= 4 is 44.9 Å². The fourth-order valence-corrected chi connectivity index (χ4v) is 4.25. The molecule has 168 valence electrons. The van der Waals surface area contributed by atoms with Crippen molar-refractivity contribution in [1.29, 1.82) is 0 Å². The van der Waals surface area contributed by atoms with Gasteiger partial charge in [-0.15, -0.1) is 0 Å². The highest BCUT2D eigenvalue weighted by atomic mass is 32.2. The number of hydrogen-bond donors (Lipinski definition) is 2. The lowest BCUT2D eigenvalue weighted by atomic mass is 10.2. The van der Waals surface area contributed by atoms with Gasteiger partial charge in [-0.25, -0.2) is 13.4 Å². The van der Waals surface area contributed by atoms with E-state index in [1.807, 2.05) is 19.0 Å². The topological polar surface area (TPSA) is 91.4 Å². The average Bonchev–Trinajstić information content (AvgIpc) is 2.75. The Morgan fingerprint density at radius 1 is 1.03 bits per heavy atom. The first-order valence-electron chi connectivity index (χ1n) is 9.26. The highest BCUT2D eigenvalue weighted by Gasteiger charge is 2.17. The van der Waals surface area contributed by atoms with Crippen LogP contribution in [0.25, 0.3) is 0 Å². The smallest absolute Gasteiger partial charge is 0.288 e. The van der Waals surface area contributed by atoms with Crippen LogP contribution >= 0.6 is 11.8 Å². The fraction of sp³-hybridized carbons (Fsp3) is 0.143. The summed E-state index contributed by atoms with van der Waals surface area (Å²) in [4.78, 5) is 18.8. The Kier molecular flexibility index (Phi) is 7.31. The van der Waals surface area contributed by atoms with Gasteiger partial charge in [0, 0.05) is 30.2 Å². The zero-order valence-corrected chi connectivity index (χ0v) is 18.8. The minimum atomic E-state index is -4.00. The number of benzene rings is 2. The summed E-state index contributed by atoms with van der Waals surface area (Å²) in [6.07, 6.45) is 1.51. The Hall–Kier alpha value is -3.18. The van der Waals surface area contributed by atoms with Crippen LogP contribution in [0.5, 0.6) is 0 Å². The number of halogens is 2. The van der Waals surface area contributed by atoms with Crippen molar-refractivity contribution in [3.63, 3.8) is 0 Å². The molecule has 0 fully saturated rings. The largest absolute Gasteiger partial charge is 0.363 e. The van der Waals surface area contributed by atoms with E-state index < -0.39 is 21.7 Å². The van der Waals surface area contributed by atoms with Gasteiger partial charge in [0.15, 0.2) is 0 Å². The lowest BCUT2D eigenvalue weighted by Gasteiger charge is -2.12. The highest BCUT2D eigenvalue weighted by Crippen LogP contribution is 2.27. The molecule has 0 bridgehead atoms. The summed E-state index contributed by atoms with van der Waals surface area (Å²) < 4.78 is 52.6. The molecule has 0 aliphatic heterocycles. The summed E-state index contributed by atoms with van der Waals surface area (Å²) in [6, 6.07) is 14.6. The molecule has 3 rings (SSSR count). The lowest BCUT2D eigenvalue weighted by molar-refractivity contribution is 0.102. The van der Waals surface area contributed by atoms with E-state index >= 15 is 0 Å². The number of sulfonamides is 1. The molecule has 7 nitrogen and oxygen atoms in total. The van der Waals surface area contributed by atoms with Gasteiger partial charge in [-0.3, -0.25) is 9.52 Å². The average molecular weight is 479 g/mol. The van der Waals surface area contributed by atoms with Crippen molar-refractivity contribution in [2.45, 2.75) is 15.5 Å². The van der Waals surface area contributed by atoms with Crippen LogP contribution < -0.4 is 14.9 Å². The predicted octanol–water partition coefficient (Wildman–Crippen LogP) is 4.52. The lowest BCUT2D eigenvalue weighted by Crippen LogP contribution is -2.16. The molecule has 0 atom stereocenters. The van der Waals surface area contributed by atoms with Gasteiger partial charge in [0.05, 0.1) is 16.8 Å². The Bertz CT molecular complexity index is 1190. The third-order valence-electron chi connectivity index (χ3n) is 4.20. The van der Waals surface area contributed by atoms with Gasteiger partial charge in [-0.1, -0.05) is 17.8 Å². The molecular weight excluding hydrogens is 458 g/mol. The summed E-state index contributed by atoms with van der Waals surface area (Å²) in [5, 5.41) is 2.68. The van der Waals surface area contributed by atoms with Crippen LogP contribution in [0.4, 0.5) is 26.0 Å². The molecule has 3 aromatic rings. The Balaban J connectivity index is 1.73. The van der Waals surface area contributed by atoms with E-state index in [9.17, 15) is 22.0 Å². The maximum Gasteiger partial charge on any atom is 0.288 e. The van der Waals surface area contributed by atoms with Crippen molar-refractivity contribution in [3.8, 4) is 0 Å². The van der Waals surface area contributed by atoms with Crippen LogP contribution in [-0.4, -0.2) is 39.2 Å². The molecule has 1 amide bonds. The number of amides is 1. The quantitative estimate of drug-likeness (QED) is 0.463. The molecule has 0 spiro atoms. The van der Waals surface area contributed by atoms with Crippen molar-refractivity contribution in [1.82, 2.24) is 4.98 Å². The number of alkyl halides is 2. The van der Waals surface area contributed by atoms with Gasteiger partial charge in [0.25, 0.3) is 21.7 Å². The number of hydrogen-bond acceptors (Lipinski definition) is 6. The van der Waals surface area contributed by atoms with E-state index in [-0.39, 0.29) is 16.1 Å². The molecule has 0 aliphatic rings. The van der Waals surface area contributed by atoms with E-state index in [1.165, 1.54) is 54.7 Å². The molecule has 11 heteroatoms. The molecule has 0 radical (unpaired) electrons. The van der Waals surface area contributed by atoms with Crippen molar-refractivity contribution in [3.05, 3.63) is 72.4 Å². The zero-order valence-electron chi connectivity index (χ0n) is 17.1. The van der Waals surface area contributed by atoms with Crippen molar-refractivity contribution < 1.29 is 22.0 Å². The monoisotopic (exact) mass is 478 g/mol. The predicted molar refractivity (Wildman–Crippen MR) is 122 cm³/mol. The first-order valence-corrected chi connectivity index (χ1v) is 11.6. The number of thioether (sulfide) groups is 1. The molecule has 0 saturated carbocycles. The SMILES string of the molecule is CN(C)c1ccc(NC(=O)c2cccc(S(=O)(=O)Nc3ccc(SC(F)F)cc3)c2)cn1. The number of rotatable bonds is 8. The number of carbonyl (C=O) groups excluding carboxylic acids is 1. The first kappa shape index (κ1) is 23.5. The minimum Gasteiger partial charge on any atom is -0.363 e. The van der Waals surface area contributed by atoms with Crippen LogP contribution in [0, 0.1) is 0 Å². The molecule has 0 unspecified atom stereocenters. The number of pyridine rings is 1. The molecular formula is C21H20F2N4O3S2. The maximum atomic E-state index is 12.7. The molecule has 32 heavy (non-hydrogen) atoms. The van der Waals surface area contributed by atoms with Gasteiger partial charge >= 0.3 is 0 Å². The van der Waals surface area contributed by atoms with Gasteiger partial charge in [0.2, 0.25) is 0 Å². The first-order chi connectivity index (χ1) is 15.1. The maximum absolute atomic E-state index is 12.7. The standard InChI is InChI=1S/C21H20F2N4O3S2/c1-27(2)19-11-8-16(13-24-19)25-20(28)14-4-3-5-18(12-14)32(29,30)26-15-6-9-17(10-7-15)31-21(22)23/h3-13,21,26H,1-2H3,(H,25,28). The van der Waals surface area contributed by atoms with Crippen LogP contribution in [0.1, 0.15) is 10.4 Å². The number of nitrogens with one attached hydrogen (secondary N) is 2. The Labute approximate surface area is 188 Å². The third-order valence-corrected chi connectivity index (χ3v) is 6.30. The van der Waals surface area contributed by atoms with Crippen LogP contribution in [-0.2, 0) is 10.0 Å². The summed E-state index contributed by atoms with van der Waals surface area (Å²) >= 11 is 0.368. The van der Waals surface area contributed by atoms with Crippen LogP contribution in [0.15, 0.2) is 76.7 Å². The van der Waals surface area contributed by atoms with E-state index in [4.69, 9.17) is 0 Å². The summed E-state index contributed by atoms with van der Waals surface area (Å²) in [6.45, 7) is 0. The molecule has 1 heterocycles. The number of anilines is 3. The second kappa shape index (κ2) is 9.96. The number of aromatic nitrogens is 1. The molecule has 2 aromatic carbocycles. The Morgan fingerprint density at radius 2 is 1.72 bits per heavy atom. The van der Waals surface area contributed by atoms with Gasteiger partial charge in [-0.2, -0.15) is 8.78 Å². The molecule has 2 N–H and O–H groups in total. The van der Waals surface area contributed by atoms with Gasteiger partial charge < -0.3 is 10.2 Å². The van der Waals surface area contributed by atoms with Crippen LogP contribution in [0.2, 0.25) is 0 Å². The van der Waals surface area contributed by atoms with Gasteiger partial charge in [-0.05, 0) is 54.6 Å². The zero-order chi connectivity index (χ0) is 23.3. The third kappa shape index (κ3) is 6.17. The molecule has 0 aliphatic carbocycles. The van der Waals surface area contributed by atoms with Crippen molar-refractivity contribution in [2.75, 3.05) is 29.0 Å². The van der Waals surface area contributed by atoms with E-state index in [0.717, 1.165) is 5.82 Å². The normalized spacial score (nSPS) is 11.3. The second-order valence-corrected chi connectivity index (χ2v) is 9.54. The van der Waals surface area contributed by atoms with E-state index in [1.54, 1.807) is 12.1 Å². The summed E-state index contributed by atoms with van der Waals surface area (Å²) in [7, 11) is -0.307. The number of nitrogens with zero attached hydrogens (tertiary/aromatic N) is 2. The second-order valence-electron chi connectivity index (χ2n) is 6.79. The summed E-state index contributed by atoms with van der Waals surface area (Å²) in [5.41, 5.74) is 0.826. The van der Waals surface area contributed by atoms with E-state index in [2.05, 4.69) is 15.0 Å². The Morgan fingerprint density at radius 3 is 2.31 bits per heavy atom. The van der Waals surface area contributed by atoms with Crippen molar-refractivity contribution in [2.24, 2.45) is 0 Å². The van der Waals surface area contributed by atoms with Crippen LogP contribution in [0.3, 0.4) is 0 Å². The molecule has 0 saturated heterocycles. The number of carbonyl (C=O) groups is 1. The highest BCUT2D eigenvalue weighted by molar-refractivity contribution is 7.99. The van der Waals surface area contributed by atoms with E-state index in [0.29, 0.717) is 22.3 Å². The summed E-state index contributed by atoms with van der Waals surface area (Å²) in [5.74, 6) is -2.33. The minimum absolute atomic E-state index is 0.114. The fourth-order valence-electron chi connectivity index (χ4n) is 2.65.